The SMILES string of the molecule is COCC(CO)NCCc1ccccn1. The Morgan fingerprint density at radius 3 is 3.00 bits per heavy atom. The number of pyridine rings is 1. The first-order valence-corrected chi connectivity index (χ1v) is 5.10. The van der Waals surface area contributed by atoms with Crippen molar-refractivity contribution in [3.05, 3.63) is 30.1 Å². The molecule has 1 aromatic rings. The minimum atomic E-state index is 0.0127. The van der Waals surface area contributed by atoms with Crippen LogP contribution in [0, 0.1) is 0 Å². The zero-order valence-corrected chi connectivity index (χ0v) is 9.02. The molecule has 15 heavy (non-hydrogen) atoms. The van der Waals surface area contributed by atoms with Crippen LogP contribution in [0.4, 0.5) is 0 Å². The lowest BCUT2D eigenvalue weighted by atomic mass is 10.2. The first kappa shape index (κ1) is 12.1. The Hall–Kier alpha value is -0.970. The van der Waals surface area contributed by atoms with Crippen molar-refractivity contribution >= 4 is 0 Å². The minimum Gasteiger partial charge on any atom is -0.395 e. The third kappa shape index (κ3) is 4.88. The number of ether oxygens (including phenoxy) is 1. The molecule has 4 nitrogen and oxygen atoms in total. The first-order valence-electron chi connectivity index (χ1n) is 5.10. The molecule has 0 spiro atoms. The smallest absolute Gasteiger partial charge is 0.0638 e. The van der Waals surface area contributed by atoms with Crippen molar-refractivity contribution in [3.8, 4) is 0 Å². The van der Waals surface area contributed by atoms with Crippen molar-refractivity contribution in [3.63, 3.8) is 0 Å². The van der Waals surface area contributed by atoms with Crippen molar-refractivity contribution in [1.29, 1.82) is 0 Å². The normalized spacial score (nSPS) is 12.7. The van der Waals surface area contributed by atoms with E-state index in [0.717, 1.165) is 18.7 Å². The fraction of sp³-hybridized carbons (Fsp3) is 0.545. The van der Waals surface area contributed by atoms with Crippen LogP contribution >= 0.6 is 0 Å². The number of nitrogens with zero attached hydrogens (tertiary/aromatic N) is 1. The second-order valence-corrected chi connectivity index (χ2v) is 3.36. The van der Waals surface area contributed by atoms with Crippen LogP contribution in [0.5, 0.6) is 0 Å². The fourth-order valence-electron chi connectivity index (χ4n) is 1.33. The third-order valence-corrected chi connectivity index (χ3v) is 2.13. The van der Waals surface area contributed by atoms with Crippen molar-refractivity contribution in [2.24, 2.45) is 0 Å². The van der Waals surface area contributed by atoms with Gasteiger partial charge in [-0.2, -0.15) is 0 Å². The minimum absolute atomic E-state index is 0.0127. The standard InChI is InChI=1S/C11H18N2O2/c1-15-9-11(8-14)13-7-5-10-4-2-3-6-12-10/h2-4,6,11,13-14H,5,7-9H2,1H3. The van der Waals surface area contributed by atoms with Crippen LogP contribution in [0.25, 0.3) is 0 Å². The van der Waals surface area contributed by atoms with Gasteiger partial charge < -0.3 is 15.2 Å². The predicted octanol–water partition coefficient (Wildman–Crippen LogP) is 0.221. The molecule has 0 aliphatic heterocycles. The molecule has 1 rings (SSSR count). The van der Waals surface area contributed by atoms with Crippen molar-refractivity contribution in [2.75, 3.05) is 26.9 Å². The second-order valence-electron chi connectivity index (χ2n) is 3.36. The van der Waals surface area contributed by atoms with Gasteiger partial charge in [0.2, 0.25) is 0 Å². The van der Waals surface area contributed by atoms with Gasteiger partial charge in [-0.3, -0.25) is 4.98 Å². The molecule has 0 saturated heterocycles. The van der Waals surface area contributed by atoms with Gasteiger partial charge in [-0.05, 0) is 12.1 Å². The Morgan fingerprint density at radius 1 is 1.53 bits per heavy atom. The van der Waals surface area contributed by atoms with Crippen LogP contribution in [0.15, 0.2) is 24.4 Å². The highest BCUT2D eigenvalue weighted by Gasteiger charge is 2.04. The Bertz CT molecular complexity index is 254. The highest BCUT2D eigenvalue weighted by molar-refractivity contribution is 5.03. The molecule has 4 heteroatoms. The summed E-state index contributed by atoms with van der Waals surface area (Å²) in [5, 5.41) is 12.2. The maximum atomic E-state index is 9.00. The molecule has 1 atom stereocenters. The van der Waals surface area contributed by atoms with Crippen LogP contribution in [-0.4, -0.2) is 43.0 Å². The van der Waals surface area contributed by atoms with E-state index in [0.29, 0.717) is 6.61 Å². The molecule has 0 amide bonds. The Kier molecular flexibility index (Phi) is 5.92. The fourth-order valence-corrected chi connectivity index (χ4v) is 1.33. The van der Waals surface area contributed by atoms with E-state index in [-0.39, 0.29) is 12.6 Å². The molecule has 0 aliphatic rings. The van der Waals surface area contributed by atoms with E-state index in [1.165, 1.54) is 0 Å². The maximum Gasteiger partial charge on any atom is 0.0638 e. The summed E-state index contributed by atoms with van der Waals surface area (Å²) in [6.07, 6.45) is 2.65. The lowest BCUT2D eigenvalue weighted by Crippen LogP contribution is -2.37. The molecule has 2 N–H and O–H groups in total. The van der Waals surface area contributed by atoms with Gasteiger partial charge in [0.25, 0.3) is 0 Å². The zero-order valence-electron chi connectivity index (χ0n) is 9.02. The van der Waals surface area contributed by atoms with E-state index in [9.17, 15) is 0 Å². The average Bonchev–Trinajstić information content (AvgIpc) is 2.29. The third-order valence-electron chi connectivity index (χ3n) is 2.13. The van der Waals surface area contributed by atoms with Gasteiger partial charge in [0.15, 0.2) is 0 Å². The van der Waals surface area contributed by atoms with E-state index in [2.05, 4.69) is 10.3 Å². The lowest BCUT2D eigenvalue weighted by Gasteiger charge is -2.14. The van der Waals surface area contributed by atoms with Crippen molar-refractivity contribution in [1.82, 2.24) is 10.3 Å². The average molecular weight is 210 g/mol. The van der Waals surface area contributed by atoms with Gasteiger partial charge >= 0.3 is 0 Å². The quantitative estimate of drug-likeness (QED) is 0.676. The number of methoxy groups -OCH3 is 1. The summed E-state index contributed by atoms with van der Waals surface area (Å²) in [6.45, 7) is 1.42. The summed E-state index contributed by atoms with van der Waals surface area (Å²) in [6, 6.07) is 5.88. The van der Waals surface area contributed by atoms with Crippen LogP contribution in [0.1, 0.15) is 5.69 Å². The van der Waals surface area contributed by atoms with Gasteiger partial charge in [-0.15, -0.1) is 0 Å². The summed E-state index contributed by atoms with van der Waals surface area (Å²) in [4.78, 5) is 4.21. The predicted molar refractivity (Wildman–Crippen MR) is 58.7 cm³/mol. The number of hydrogen-bond donors (Lipinski definition) is 2. The van der Waals surface area contributed by atoms with E-state index < -0.39 is 0 Å². The highest BCUT2D eigenvalue weighted by atomic mass is 16.5. The van der Waals surface area contributed by atoms with Gasteiger partial charge in [-0.1, -0.05) is 6.07 Å². The Morgan fingerprint density at radius 2 is 2.40 bits per heavy atom. The summed E-state index contributed by atoms with van der Waals surface area (Å²) in [5.74, 6) is 0. The molecule has 1 aromatic heterocycles. The van der Waals surface area contributed by atoms with Gasteiger partial charge in [0, 0.05) is 32.0 Å². The number of hydrogen-bond acceptors (Lipinski definition) is 4. The van der Waals surface area contributed by atoms with Crippen LogP contribution in [0.3, 0.4) is 0 Å². The van der Waals surface area contributed by atoms with E-state index in [4.69, 9.17) is 9.84 Å². The number of nitrogens with one attached hydrogen (secondary N) is 1. The van der Waals surface area contributed by atoms with E-state index >= 15 is 0 Å². The van der Waals surface area contributed by atoms with Crippen LogP contribution in [0.2, 0.25) is 0 Å². The van der Waals surface area contributed by atoms with Crippen molar-refractivity contribution in [2.45, 2.75) is 12.5 Å². The number of aliphatic hydroxyl groups is 1. The molecule has 1 unspecified atom stereocenters. The topological polar surface area (TPSA) is 54.4 Å². The zero-order chi connectivity index (χ0) is 10.9. The monoisotopic (exact) mass is 210 g/mol. The van der Waals surface area contributed by atoms with E-state index in [1.54, 1.807) is 13.3 Å². The molecule has 0 fully saturated rings. The Labute approximate surface area is 90.3 Å². The molecule has 0 bridgehead atoms. The summed E-state index contributed by atoms with van der Waals surface area (Å²) in [5.41, 5.74) is 1.05. The number of aliphatic hydroxyl groups excluding tert-OH is 1. The number of rotatable bonds is 7. The van der Waals surface area contributed by atoms with Crippen molar-refractivity contribution < 1.29 is 9.84 Å². The largest absolute Gasteiger partial charge is 0.395 e. The molecule has 0 radical (unpaired) electrons. The maximum absolute atomic E-state index is 9.00. The molecular weight excluding hydrogens is 192 g/mol. The molecular formula is C11H18N2O2. The first-order chi connectivity index (χ1) is 7.36. The van der Waals surface area contributed by atoms with Crippen LogP contribution < -0.4 is 5.32 Å². The van der Waals surface area contributed by atoms with Gasteiger partial charge in [0.1, 0.15) is 0 Å². The highest BCUT2D eigenvalue weighted by Crippen LogP contribution is 1.93. The second kappa shape index (κ2) is 7.34. The lowest BCUT2D eigenvalue weighted by molar-refractivity contribution is 0.129. The summed E-state index contributed by atoms with van der Waals surface area (Å²) < 4.78 is 4.96. The molecule has 0 saturated carbocycles. The molecule has 0 aliphatic carbocycles. The van der Waals surface area contributed by atoms with Gasteiger partial charge in [0.05, 0.1) is 19.3 Å². The molecule has 84 valence electrons. The summed E-state index contributed by atoms with van der Waals surface area (Å²) >= 11 is 0. The molecule has 1 heterocycles. The van der Waals surface area contributed by atoms with E-state index in [1.807, 2.05) is 18.2 Å². The molecule has 0 aromatic carbocycles. The van der Waals surface area contributed by atoms with Crippen LogP contribution in [-0.2, 0) is 11.2 Å². The van der Waals surface area contributed by atoms with Gasteiger partial charge in [-0.25, -0.2) is 0 Å². The summed E-state index contributed by atoms with van der Waals surface area (Å²) in [7, 11) is 1.63. The number of aromatic nitrogens is 1. The Balaban J connectivity index is 2.20.